The summed E-state index contributed by atoms with van der Waals surface area (Å²) in [6.45, 7) is 3.44. The van der Waals surface area contributed by atoms with Crippen molar-refractivity contribution < 1.29 is 23.8 Å². The Labute approximate surface area is 215 Å². The molecule has 36 heavy (non-hydrogen) atoms. The Hall–Kier alpha value is -3.00. The van der Waals surface area contributed by atoms with Gasteiger partial charge in [-0.15, -0.1) is 0 Å². The first kappa shape index (κ1) is 26.1. The summed E-state index contributed by atoms with van der Waals surface area (Å²) in [5, 5.41) is 11.3. The van der Waals surface area contributed by atoms with Crippen molar-refractivity contribution in [1.82, 2.24) is 4.98 Å². The molecule has 6 nitrogen and oxygen atoms in total. The fourth-order valence-corrected chi connectivity index (χ4v) is 4.01. The number of hydrogen-bond donors (Lipinski definition) is 2. The van der Waals surface area contributed by atoms with E-state index in [0.717, 1.165) is 18.4 Å². The zero-order valence-electron chi connectivity index (χ0n) is 20.6. The Morgan fingerprint density at radius 2 is 1.97 bits per heavy atom. The maximum atomic E-state index is 13.7. The molecule has 1 aliphatic carbocycles. The molecule has 4 rings (SSSR count). The maximum Gasteiger partial charge on any atom is 0.163 e. The normalized spacial score (nSPS) is 15.8. The number of carbonyl (C=O) groups is 1. The smallest absolute Gasteiger partial charge is 0.163 e. The van der Waals surface area contributed by atoms with Gasteiger partial charge >= 0.3 is 0 Å². The molecule has 1 aromatic heterocycles. The third kappa shape index (κ3) is 6.03. The number of halogens is 2. The second kappa shape index (κ2) is 10.5. The quantitative estimate of drug-likeness (QED) is 0.324. The van der Waals surface area contributed by atoms with Crippen LogP contribution in [-0.2, 0) is 5.60 Å². The van der Waals surface area contributed by atoms with Gasteiger partial charge in [-0.2, -0.15) is 0 Å². The number of aromatic nitrogens is 1. The first-order chi connectivity index (χ1) is 17.1. The molecule has 0 saturated heterocycles. The fraction of sp³-hybridized carbons (Fsp3) is 0.357. The SMILES string of the molecule is COc1cc(C(=O)CCC(C)(O)c2cc(C(C)N)cc(-c3ccc(F)c(Cl)c3)n2)ccc1OC1CC1. The average molecular weight is 513 g/mol. The van der Waals surface area contributed by atoms with E-state index in [1.54, 1.807) is 43.3 Å². The lowest BCUT2D eigenvalue weighted by molar-refractivity contribution is 0.0397. The van der Waals surface area contributed by atoms with E-state index in [-0.39, 0.29) is 35.8 Å². The Bertz CT molecular complexity index is 1270. The molecule has 1 fully saturated rings. The van der Waals surface area contributed by atoms with Gasteiger partial charge in [-0.05, 0) is 87.2 Å². The van der Waals surface area contributed by atoms with Crippen molar-refractivity contribution in [1.29, 1.82) is 0 Å². The predicted molar refractivity (Wildman–Crippen MR) is 137 cm³/mol. The van der Waals surface area contributed by atoms with Crippen LogP contribution < -0.4 is 15.2 Å². The molecule has 1 aliphatic rings. The van der Waals surface area contributed by atoms with E-state index in [4.69, 9.17) is 26.8 Å². The molecule has 8 heteroatoms. The molecule has 3 aromatic rings. The van der Waals surface area contributed by atoms with Crippen molar-refractivity contribution in [3.8, 4) is 22.8 Å². The highest BCUT2D eigenvalue weighted by molar-refractivity contribution is 6.31. The minimum atomic E-state index is -1.42. The van der Waals surface area contributed by atoms with Crippen LogP contribution in [0.1, 0.15) is 67.2 Å². The van der Waals surface area contributed by atoms with Gasteiger partial charge in [0.15, 0.2) is 17.3 Å². The number of nitrogens with zero attached hydrogens (tertiary/aromatic N) is 1. The topological polar surface area (TPSA) is 94.7 Å². The Morgan fingerprint density at radius 3 is 2.61 bits per heavy atom. The summed E-state index contributed by atoms with van der Waals surface area (Å²) in [6, 6.07) is 12.6. The standard InChI is InChI=1S/C28H30ClFN2O4/c1-16(31)19-13-23(17-4-8-22(30)21(29)12-17)32-27(15-19)28(2,34)11-10-24(33)18-5-9-25(26(14-18)35-3)36-20-6-7-20/h4-5,8-9,12-16,20,34H,6-7,10-11,31H2,1-3H3. The number of aliphatic hydroxyl groups is 1. The van der Waals surface area contributed by atoms with Crippen LogP contribution in [0.4, 0.5) is 4.39 Å². The number of ether oxygens (including phenoxy) is 2. The Balaban J connectivity index is 1.55. The Morgan fingerprint density at radius 1 is 1.22 bits per heavy atom. The van der Waals surface area contributed by atoms with E-state index < -0.39 is 11.4 Å². The van der Waals surface area contributed by atoms with Gasteiger partial charge in [-0.1, -0.05) is 11.6 Å². The van der Waals surface area contributed by atoms with Crippen molar-refractivity contribution in [3.05, 3.63) is 76.2 Å². The number of Topliss-reactive ketones (excluding diaryl/α,β-unsaturated/α-hetero) is 1. The van der Waals surface area contributed by atoms with E-state index >= 15 is 0 Å². The molecule has 0 aliphatic heterocycles. The van der Waals surface area contributed by atoms with E-state index in [9.17, 15) is 14.3 Å². The molecule has 0 amide bonds. The van der Waals surface area contributed by atoms with Gasteiger partial charge in [0.1, 0.15) is 11.4 Å². The summed E-state index contributed by atoms with van der Waals surface area (Å²) < 4.78 is 24.9. The average Bonchev–Trinajstić information content (AvgIpc) is 3.68. The van der Waals surface area contributed by atoms with Crippen LogP contribution in [0.2, 0.25) is 5.02 Å². The monoisotopic (exact) mass is 512 g/mol. The summed E-state index contributed by atoms with van der Waals surface area (Å²) in [4.78, 5) is 17.6. The Kier molecular flexibility index (Phi) is 7.64. The molecular formula is C28H30ClFN2O4. The number of carbonyl (C=O) groups excluding carboxylic acids is 1. The largest absolute Gasteiger partial charge is 0.493 e. The van der Waals surface area contributed by atoms with E-state index in [1.165, 1.54) is 19.2 Å². The number of rotatable bonds is 10. The maximum absolute atomic E-state index is 13.7. The number of ketones is 1. The molecule has 2 unspecified atom stereocenters. The lowest BCUT2D eigenvalue weighted by atomic mass is 9.90. The van der Waals surface area contributed by atoms with Crippen molar-refractivity contribution >= 4 is 17.4 Å². The molecule has 2 atom stereocenters. The van der Waals surface area contributed by atoms with Gasteiger partial charge in [-0.3, -0.25) is 4.79 Å². The minimum absolute atomic E-state index is 0.0246. The van der Waals surface area contributed by atoms with E-state index in [0.29, 0.717) is 34.0 Å². The molecule has 2 aromatic carbocycles. The van der Waals surface area contributed by atoms with Crippen LogP contribution in [0.3, 0.4) is 0 Å². The zero-order valence-corrected chi connectivity index (χ0v) is 21.3. The van der Waals surface area contributed by atoms with Crippen molar-refractivity contribution in [2.24, 2.45) is 5.73 Å². The summed E-state index contributed by atoms with van der Waals surface area (Å²) in [5.41, 5.74) is 7.40. The van der Waals surface area contributed by atoms with Crippen LogP contribution >= 0.6 is 11.6 Å². The molecule has 0 radical (unpaired) electrons. The highest BCUT2D eigenvalue weighted by Gasteiger charge is 2.28. The first-order valence-corrected chi connectivity index (χ1v) is 12.3. The summed E-state index contributed by atoms with van der Waals surface area (Å²) in [7, 11) is 1.54. The van der Waals surface area contributed by atoms with Gasteiger partial charge in [0.05, 0.1) is 29.6 Å². The fourth-order valence-electron chi connectivity index (χ4n) is 3.83. The van der Waals surface area contributed by atoms with E-state index in [2.05, 4.69) is 4.98 Å². The molecule has 190 valence electrons. The van der Waals surface area contributed by atoms with Crippen LogP contribution in [0.5, 0.6) is 11.5 Å². The highest BCUT2D eigenvalue weighted by atomic mass is 35.5. The van der Waals surface area contributed by atoms with Crippen LogP contribution in [0.25, 0.3) is 11.3 Å². The molecule has 1 heterocycles. The first-order valence-electron chi connectivity index (χ1n) is 11.9. The second-order valence-corrected chi connectivity index (χ2v) is 9.88. The number of benzene rings is 2. The van der Waals surface area contributed by atoms with E-state index in [1.807, 2.05) is 6.92 Å². The zero-order chi connectivity index (χ0) is 26.0. The van der Waals surface area contributed by atoms with Crippen LogP contribution in [-0.4, -0.2) is 29.1 Å². The summed E-state index contributed by atoms with van der Waals surface area (Å²) in [5.74, 6) is 0.459. The lowest BCUT2D eigenvalue weighted by Crippen LogP contribution is -2.25. The molecular weight excluding hydrogens is 483 g/mol. The summed E-state index contributed by atoms with van der Waals surface area (Å²) >= 11 is 5.97. The second-order valence-electron chi connectivity index (χ2n) is 9.47. The lowest BCUT2D eigenvalue weighted by Gasteiger charge is -2.24. The van der Waals surface area contributed by atoms with Gasteiger partial charge in [-0.25, -0.2) is 9.37 Å². The number of methoxy groups -OCH3 is 1. The molecule has 0 bridgehead atoms. The number of pyridine rings is 1. The van der Waals surface area contributed by atoms with Crippen molar-refractivity contribution in [2.45, 2.75) is 57.3 Å². The highest BCUT2D eigenvalue weighted by Crippen LogP contribution is 2.35. The molecule has 1 saturated carbocycles. The van der Waals surface area contributed by atoms with Crippen molar-refractivity contribution in [2.75, 3.05) is 7.11 Å². The molecule has 0 spiro atoms. The third-order valence-corrected chi connectivity index (χ3v) is 6.57. The van der Waals surface area contributed by atoms with Gasteiger partial charge in [0.2, 0.25) is 0 Å². The number of nitrogens with two attached hydrogens (primary N) is 1. The predicted octanol–water partition coefficient (Wildman–Crippen LogP) is 5.98. The van der Waals surface area contributed by atoms with Crippen LogP contribution in [0.15, 0.2) is 48.5 Å². The number of hydrogen-bond acceptors (Lipinski definition) is 6. The van der Waals surface area contributed by atoms with Gasteiger partial charge in [0, 0.05) is 23.6 Å². The minimum Gasteiger partial charge on any atom is -0.493 e. The van der Waals surface area contributed by atoms with Gasteiger partial charge < -0.3 is 20.3 Å². The third-order valence-electron chi connectivity index (χ3n) is 6.28. The molecule has 3 N–H and O–H groups in total. The van der Waals surface area contributed by atoms with Crippen molar-refractivity contribution in [3.63, 3.8) is 0 Å². The van der Waals surface area contributed by atoms with Crippen LogP contribution in [0, 0.1) is 5.82 Å². The summed E-state index contributed by atoms with van der Waals surface area (Å²) in [6.07, 6.45) is 2.47. The van der Waals surface area contributed by atoms with Gasteiger partial charge in [0.25, 0.3) is 0 Å².